The van der Waals surface area contributed by atoms with E-state index in [9.17, 15) is 13.2 Å². The van der Waals surface area contributed by atoms with Crippen LogP contribution in [0.3, 0.4) is 0 Å². The number of hydrogen-bond acceptors (Lipinski definition) is 6. The first kappa shape index (κ1) is 14.9. The highest BCUT2D eigenvalue weighted by molar-refractivity contribution is 7.99. The van der Waals surface area contributed by atoms with Crippen molar-refractivity contribution in [2.45, 2.75) is 16.5 Å². The van der Waals surface area contributed by atoms with E-state index in [1.54, 1.807) is 30.5 Å². The van der Waals surface area contributed by atoms with E-state index in [1.807, 2.05) is 6.07 Å². The third kappa shape index (κ3) is 3.23. The maximum Gasteiger partial charge on any atom is 0.338 e. The zero-order chi connectivity index (χ0) is 15.7. The number of cyclic esters (lactones) is 1. The van der Waals surface area contributed by atoms with Gasteiger partial charge >= 0.3 is 5.97 Å². The minimum absolute atomic E-state index is 0.154. The summed E-state index contributed by atoms with van der Waals surface area (Å²) in [7, 11) is -3.43. The number of ether oxygens (including phenoxy) is 1. The van der Waals surface area contributed by atoms with Crippen molar-refractivity contribution >= 4 is 33.4 Å². The molecule has 0 spiro atoms. The number of nitrogens with one attached hydrogen (secondary N) is 1. The van der Waals surface area contributed by atoms with Crippen LogP contribution in [0.25, 0.3) is 0 Å². The molecule has 0 atom stereocenters. The van der Waals surface area contributed by atoms with Crippen molar-refractivity contribution < 1.29 is 17.9 Å². The maximum absolute atomic E-state index is 11.7. The lowest BCUT2D eigenvalue weighted by Crippen LogP contribution is -2.11. The summed E-state index contributed by atoms with van der Waals surface area (Å²) >= 11 is 1.28. The molecule has 2 heterocycles. The fourth-order valence-corrected chi connectivity index (χ4v) is 3.55. The number of carbonyl (C=O) groups is 1. The van der Waals surface area contributed by atoms with Gasteiger partial charge in [-0.1, -0.05) is 17.8 Å². The minimum Gasteiger partial charge on any atom is -0.457 e. The molecule has 1 aliphatic rings. The lowest BCUT2D eigenvalue weighted by Gasteiger charge is -2.11. The summed E-state index contributed by atoms with van der Waals surface area (Å²) in [6.45, 7) is 0.154. The molecule has 0 saturated carbocycles. The molecule has 8 heteroatoms. The quantitative estimate of drug-likeness (QED) is 0.862. The predicted molar refractivity (Wildman–Crippen MR) is 82.4 cm³/mol. The number of anilines is 1. The molecule has 1 aromatic heterocycles. The summed E-state index contributed by atoms with van der Waals surface area (Å²) in [5.41, 5.74) is 1.54. The molecular formula is C14H12N2O4S2. The normalized spacial score (nSPS) is 13.6. The largest absolute Gasteiger partial charge is 0.457 e. The smallest absolute Gasteiger partial charge is 0.338 e. The summed E-state index contributed by atoms with van der Waals surface area (Å²) in [6, 6.07) is 8.70. The van der Waals surface area contributed by atoms with E-state index in [0.717, 1.165) is 6.26 Å². The summed E-state index contributed by atoms with van der Waals surface area (Å²) < 4.78 is 30.5. The Morgan fingerprint density at radius 3 is 2.82 bits per heavy atom. The third-order valence-corrected chi connectivity index (χ3v) is 4.53. The van der Waals surface area contributed by atoms with Gasteiger partial charge in [0, 0.05) is 16.7 Å². The topological polar surface area (TPSA) is 85.4 Å². The van der Waals surface area contributed by atoms with Gasteiger partial charge in [-0.25, -0.2) is 18.2 Å². The first-order valence-corrected chi connectivity index (χ1v) is 9.04. The Morgan fingerprint density at radius 1 is 1.32 bits per heavy atom. The van der Waals surface area contributed by atoms with E-state index in [2.05, 4.69) is 9.71 Å². The number of aromatic nitrogens is 1. The summed E-state index contributed by atoms with van der Waals surface area (Å²) in [6.07, 6.45) is 2.73. The standard InChI is InChI=1S/C14H12N2O4S2/c1-22(18,19)16-11-6-9-8-20-14(17)10(9)7-12(11)21-13-4-2-3-5-15-13/h2-7,16H,8H2,1H3. The highest BCUT2D eigenvalue weighted by Gasteiger charge is 2.24. The van der Waals surface area contributed by atoms with E-state index in [1.165, 1.54) is 11.8 Å². The van der Waals surface area contributed by atoms with Crippen molar-refractivity contribution in [2.24, 2.45) is 0 Å². The van der Waals surface area contributed by atoms with Gasteiger partial charge in [0.2, 0.25) is 10.0 Å². The molecule has 0 unspecified atom stereocenters. The Kier molecular flexibility index (Phi) is 3.79. The van der Waals surface area contributed by atoms with Gasteiger partial charge in [0.1, 0.15) is 11.6 Å². The molecule has 0 radical (unpaired) electrons. The Morgan fingerprint density at radius 2 is 2.14 bits per heavy atom. The molecule has 6 nitrogen and oxygen atoms in total. The molecule has 0 bridgehead atoms. The molecule has 2 aromatic rings. The molecule has 0 fully saturated rings. The van der Waals surface area contributed by atoms with Crippen LogP contribution in [0.15, 0.2) is 46.5 Å². The van der Waals surface area contributed by atoms with Crippen molar-refractivity contribution in [3.63, 3.8) is 0 Å². The van der Waals surface area contributed by atoms with Crippen LogP contribution in [-0.4, -0.2) is 25.6 Å². The highest BCUT2D eigenvalue weighted by atomic mass is 32.2. The second-order valence-corrected chi connectivity index (χ2v) is 7.54. The zero-order valence-electron chi connectivity index (χ0n) is 11.6. The molecule has 1 N–H and O–H groups in total. The number of rotatable bonds is 4. The Balaban J connectivity index is 2.05. The minimum atomic E-state index is -3.43. The van der Waals surface area contributed by atoms with Gasteiger partial charge in [-0.2, -0.15) is 0 Å². The Bertz CT molecular complexity index is 835. The molecule has 0 amide bonds. The fourth-order valence-electron chi connectivity index (χ4n) is 2.04. The van der Waals surface area contributed by atoms with Crippen LogP contribution in [0.1, 0.15) is 15.9 Å². The van der Waals surface area contributed by atoms with Crippen molar-refractivity contribution in [2.75, 3.05) is 11.0 Å². The Hall–Kier alpha value is -2.06. The molecule has 114 valence electrons. The van der Waals surface area contributed by atoms with Crippen molar-refractivity contribution in [3.05, 3.63) is 47.7 Å². The lowest BCUT2D eigenvalue weighted by molar-refractivity contribution is 0.0535. The first-order valence-electron chi connectivity index (χ1n) is 6.33. The Labute approximate surface area is 132 Å². The van der Waals surface area contributed by atoms with Crippen LogP contribution in [0, 0.1) is 0 Å². The van der Waals surface area contributed by atoms with Crippen LogP contribution in [0.4, 0.5) is 5.69 Å². The fraction of sp³-hybridized carbons (Fsp3) is 0.143. The molecule has 3 rings (SSSR count). The summed E-state index contributed by atoms with van der Waals surface area (Å²) in [5, 5.41) is 0.699. The molecule has 0 saturated heterocycles. The van der Waals surface area contributed by atoms with E-state index in [4.69, 9.17) is 4.74 Å². The second kappa shape index (κ2) is 5.62. The number of hydrogen-bond donors (Lipinski definition) is 1. The van der Waals surface area contributed by atoms with Gasteiger partial charge in [0.05, 0.1) is 17.5 Å². The van der Waals surface area contributed by atoms with Crippen LogP contribution < -0.4 is 4.72 Å². The van der Waals surface area contributed by atoms with Crippen LogP contribution in [0.2, 0.25) is 0 Å². The lowest BCUT2D eigenvalue weighted by atomic mass is 10.1. The molecular weight excluding hydrogens is 324 g/mol. The van der Waals surface area contributed by atoms with Gasteiger partial charge in [-0.3, -0.25) is 4.72 Å². The van der Waals surface area contributed by atoms with E-state index < -0.39 is 16.0 Å². The number of pyridine rings is 1. The number of nitrogens with zero attached hydrogens (tertiary/aromatic N) is 1. The number of carbonyl (C=O) groups excluding carboxylic acids is 1. The monoisotopic (exact) mass is 336 g/mol. The van der Waals surface area contributed by atoms with Crippen LogP contribution >= 0.6 is 11.8 Å². The average molecular weight is 336 g/mol. The van der Waals surface area contributed by atoms with Crippen LogP contribution in [-0.2, 0) is 21.4 Å². The van der Waals surface area contributed by atoms with Crippen molar-refractivity contribution in [1.29, 1.82) is 0 Å². The predicted octanol–water partition coefficient (Wildman–Crippen LogP) is 2.27. The van der Waals surface area contributed by atoms with Gasteiger partial charge < -0.3 is 4.74 Å². The van der Waals surface area contributed by atoms with Crippen LogP contribution in [0.5, 0.6) is 0 Å². The van der Waals surface area contributed by atoms with E-state index >= 15 is 0 Å². The summed E-state index contributed by atoms with van der Waals surface area (Å²) in [5.74, 6) is -0.399. The second-order valence-electron chi connectivity index (χ2n) is 4.73. The maximum atomic E-state index is 11.7. The average Bonchev–Trinajstić information content (AvgIpc) is 2.80. The van der Waals surface area contributed by atoms with Gasteiger partial charge in [-0.15, -0.1) is 0 Å². The summed E-state index contributed by atoms with van der Waals surface area (Å²) in [4.78, 5) is 16.5. The third-order valence-electron chi connectivity index (χ3n) is 2.93. The van der Waals surface area contributed by atoms with Crippen molar-refractivity contribution in [1.82, 2.24) is 4.98 Å². The molecule has 22 heavy (non-hydrogen) atoms. The van der Waals surface area contributed by atoms with E-state index in [-0.39, 0.29) is 6.61 Å². The van der Waals surface area contributed by atoms with Crippen molar-refractivity contribution in [3.8, 4) is 0 Å². The molecule has 1 aliphatic heterocycles. The number of esters is 1. The zero-order valence-corrected chi connectivity index (χ0v) is 13.2. The van der Waals surface area contributed by atoms with E-state index in [0.29, 0.717) is 26.7 Å². The van der Waals surface area contributed by atoms with Gasteiger partial charge in [-0.05, 0) is 24.3 Å². The SMILES string of the molecule is CS(=O)(=O)Nc1cc2c(cc1Sc1ccccn1)C(=O)OC2. The number of sulfonamides is 1. The highest BCUT2D eigenvalue weighted by Crippen LogP contribution is 2.37. The number of benzene rings is 1. The molecule has 0 aliphatic carbocycles. The number of fused-ring (bicyclic) bond motifs is 1. The van der Waals surface area contributed by atoms with Gasteiger partial charge in [0.25, 0.3) is 0 Å². The molecule has 1 aromatic carbocycles. The first-order chi connectivity index (χ1) is 10.4. The van der Waals surface area contributed by atoms with Gasteiger partial charge in [0.15, 0.2) is 0 Å².